The topological polar surface area (TPSA) is 61.4 Å². The number of amides is 1. The number of phenols is 1. The van der Waals surface area contributed by atoms with E-state index in [1.165, 1.54) is 12.1 Å². The number of nitrogens with one attached hydrogen (secondary N) is 2. The minimum Gasteiger partial charge on any atom is -0.506 e. The van der Waals surface area contributed by atoms with Crippen LogP contribution in [0.3, 0.4) is 0 Å². The zero-order chi connectivity index (χ0) is 13.1. The molecular weight excluding hydrogens is 311 g/mol. The minimum absolute atomic E-state index is 0. The van der Waals surface area contributed by atoms with E-state index in [1.807, 2.05) is 0 Å². The van der Waals surface area contributed by atoms with Gasteiger partial charge in [-0.2, -0.15) is 0 Å². The fraction of sp³-hybridized carbons (Fsp3) is 0.417. The van der Waals surface area contributed by atoms with Gasteiger partial charge in [0, 0.05) is 11.6 Å². The van der Waals surface area contributed by atoms with Gasteiger partial charge in [-0.05, 0) is 37.6 Å². The predicted octanol–water partition coefficient (Wildman–Crippen LogP) is 2.46. The van der Waals surface area contributed by atoms with Crippen molar-refractivity contribution in [1.29, 1.82) is 0 Å². The van der Waals surface area contributed by atoms with E-state index >= 15 is 0 Å². The third-order valence-electron chi connectivity index (χ3n) is 2.99. The molecule has 0 radical (unpaired) electrons. The first-order chi connectivity index (χ1) is 8.58. The molecule has 1 unspecified atom stereocenters. The van der Waals surface area contributed by atoms with Gasteiger partial charge in [0.25, 0.3) is 5.91 Å². The molecule has 1 fully saturated rings. The molecule has 1 atom stereocenters. The lowest BCUT2D eigenvalue weighted by molar-refractivity contribution is 0.0945. The normalized spacial score (nSPS) is 17.9. The highest BCUT2D eigenvalue weighted by Gasteiger charge is 2.18. The van der Waals surface area contributed by atoms with Gasteiger partial charge in [-0.25, -0.2) is 0 Å². The van der Waals surface area contributed by atoms with Crippen LogP contribution in [0.5, 0.6) is 5.75 Å². The van der Waals surface area contributed by atoms with Gasteiger partial charge in [0.1, 0.15) is 5.75 Å². The molecule has 0 saturated carbocycles. The van der Waals surface area contributed by atoms with Crippen molar-refractivity contribution in [3.63, 3.8) is 0 Å². The number of carbonyl (C=O) groups excluding carboxylic acids is 1. The van der Waals surface area contributed by atoms with Crippen LogP contribution in [0.4, 0.5) is 0 Å². The number of hydrogen-bond acceptors (Lipinski definition) is 3. The average Bonchev–Trinajstić information content (AvgIpc) is 2.83. The Morgan fingerprint density at radius 2 is 2.21 bits per heavy atom. The van der Waals surface area contributed by atoms with E-state index in [1.54, 1.807) is 0 Å². The Hall–Kier alpha value is -0.680. The van der Waals surface area contributed by atoms with Gasteiger partial charge < -0.3 is 15.7 Å². The van der Waals surface area contributed by atoms with Crippen molar-refractivity contribution in [1.82, 2.24) is 10.6 Å². The van der Waals surface area contributed by atoms with E-state index in [0.29, 0.717) is 17.5 Å². The molecule has 1 aromatic rings. The van der Waals surface area contributed by atoms with Gasteiger partial charge in [-0.1, -0.05) is 23.2 Å². The van der Waals surface area contributed by atoms with Crippen LogP contribution >= 0.6 is 35.6 Å². The van der Waals surface area contributed by atoms with E-state index < -0.39 is 0 Å². The summed E-state index contributed by atoms with van der Waals surface area (Å²) in [7, 11) is 0. The van der Waals surface area contributed by atoms with Gasteiger partial charge in [-0.3, -0.25) is 4.79 Å². The lowest BCUT2D eigenvalue weighted by Crippen LogP contribution is -2.30. The van der Waals surface area contributed by atoms with Crippen LogP contribution < -0.4 is 10.6 Å². The van der Waals surface area contributed by atoms with Gasteiger partial charge in [-0.15, -0.1) is 12.4 Å². The van der Waals surface area contributed by atoms with Gasteiger partial charge in [0.05, 0.1) is 10.6 Å². The maximum atomic E-state index is 11.9. The molecular formula is C12H15Cl3N2O2. The van der Waals surface area contributed by atoms with E-state index in [9.17, 15) is 9.90 Å². The molecule has 0 aromatic heterocycles. The standard InChI is InChI=1S/C12H14Cl2N2O2.ClH/c13-8-3-9(11(17)10(14)4-8)12(18)16-6-7-1-2-15-5-7;/h3-4,7,15,17H,1-2,5-6H2,(H,16,18);1H. The third-order valence-corrected chi connectivity index (χ3v) is 3.49. The average molecular weight is 326 g/mol. The molecule has 19 heavy (non-hydrogen) atoms. The summed E-state index contributed by atoms with van der Waals surface area (Å²) in [5.41, 5.74) is 0.110. The smallest absolute Gasteiger partial charge is 0.255 e. The quantitative estimate of drug-likeness (QED) is 0.800. The third kappa shape index (κ3) is 4.14. The Kier molecular flexibility index (Phi) is 6.20. The number of carbonyl (C=O) groups is 1. The molecule has 0 spiro atoms. The van der Waals surface area contributed by atoms with Crippen molar-refractivity contribution in [2.75, 3.05) is 19.6 Å². The molecule has 1 aromatic carbocycles. The Bertz CT molecular complexity index is 463. The summed E-state index contributed by atoms with van der Waals surface area (Å²) in [4.78, 5) is 11.9. The van der Waals surface area contributed by atoms with E-state index in [0.717, 1.165) is 19.5 Å². The molecule has 0 aliphatic carbocycles. The van der Waals surface area contributed by atoms with Crippen LogP contribution in [0.15, 0.2) is 12.1 Å². The van der Waals surface area contributed by atoms with Gasteiger partial charge in [0.2, 0.25) is 0 Å². The van der Waals surface area contributed by atoms with Crippen molar-refractivity contribution in [2.24, 2.45) is 5.92 Å². The summed E-state index contributed by atoms with van der Waals surface area (Å²) in [6, 6.07) is 2.81. The zero-order valence-electron chi connectivity index (χ0n) is 10.1. The van der Waals surface area contributed by atoms with Crippen LogP contribution in [-0.2, 0) is 0 Å². The van der Waals surface area contributed by atoms with Crippen LogP contribution in [0.25, 0.3) is 0 Å². The van der Waals surface area contributed by atoms with Crippen LogP contribution in [-0.4, -0.2) is 30.6 Å². The van der Waals surface area contributed by atoms with Crippen molar-refractivity contribution in [3.05, 3.63) is 27.7 Å². The molecule has 1 amide bonds. The Labute approximate surface area is 127 Å². The summed E-state index contributed by atoms with van der Waals surface area (Å²) in [6.45, 7) is 2.47. The Morgan fingerprint density at radius 1 is 1.47 bits per heavy atom. The molecule has 106 valence electrons. The highest BCUT2D eigenvalue weighted by Crippen LogP contribution is 2.31. The van der Waals surface area contributed by atoms with E-state index in [4.69, 9.17) is 23.2 Å². The lowest BCUT2D eigenvalue weighted by atomic mass is 10.1. The number of aromatic hydroxyl groups is 1. The number of halogens is 3. The summed E-state index contributed by atoms with van der Waals surface area (Å²) >= 11 is 11.6. The number of phenolic OH excluding ortho intramolecular Hbond substituents is 1. The van der Waals surface area contributed by atoms with Crippen molar-refractivity contribution in [2.45, 2.75) is 6.42 Å². The monoisotopic (exact) mass is 324 g/mol. The second-order valence-electron chi connectivity index (χ2n) is 4.35. The highest BCUT2D eigenvalue weighted by atomic mass is 35.5. The summed E-state index contributed by atoms with van der Waals surface area (Å²) in [5, 5.41) is 16.1. The maximum absolute atomic E-state index is 11.9. The van der Waals surface area contributed by atoms with Crippen molar-refractivity contribution >= 4 is 41.5 Å². The van der Waals surface area contributed by atoms with Crippen LogP contribution in [0.1, 0.15) is 16.8 Å². The number of benzene rings is 1. The SMILES string of the molecule is Cl.O=C(NCC1CCNC1)c1cc(Cl)cc(Cl)c1O. The second-order valence-corrected chi connectivity index (χ2v) is 5.20. The molecule has 1 aliphatic rings. The first-order valence-electron chi connectivity index (χ1n) is 5.75. The van der Waals surface area contributed by atoms with Gasteiger partial charge >= 0.3 is 0 Å². The minimum atomic E-state index is -0.358. The van der Waals surface area contributed by atoms with Crippen LogP contribution in [0.2, 0.25) is 10.0 Å². The molecule has 1 heterocycles. The summed E-state index contributed by atoms with van der Waals surface area (Å²) in [5.74, 6) is -0.155. The molecule has 4 nitrogen and oxygen atoms in total. The fourth-order valence-corrected chi connectivity index (χ4v) is 2.45. The molecule has 2 rings (SSSR count). The maximum Gasteiger partial charge on any atom is 0.255 e. The Balaban J connectivity index is 0.00000180. The largest absolute Gasteiger partial charge is 0.506 e. The Morgan fingerprint density at radius 3 is 2.84 bits per heavy atom. The van der Waals surface area contributed by atoms with E-state index in [2.05, 4.69) is 10.6 Å². The zero-order valence-corrected chi connectivity index (χ0v) is 12.4. The second kappa shape index (κ2) is 7.20. The van der Waals surface area contributed by atoms with Crippen LogP contribution in [0, 0.1) is 5.92 Å². The molecule has 7 heteroatoms. The van der Waals surface area contributed by atoms with Crippen molar-refractivity contribution < 1.29 is 9.90 Å². The highest BCUT2D eigenvalue weighted by molar-refractivity contribution is 6.36. The summed E-state index contributed by atoms with van der Waals surface area (Å²) in [6.07, 6.45) is 1.04. The number of hydrogen-bond donors (Lipinski definition) is 3. The predicted molar refractivity (Wildman–Crippen MR) is 78.7 cm³/mol. The molecule has 1 saturated heterocycles. The molecule has 1 aliphatic heterocycles. The number of rotatable bonds is 3. The summed E-state index contributed by atoms with van der Waals surface area (Å²) < 4.78 is 0. The van der Waals surface area contributed by atoms with Crippen molar-refractivity contribution in [3.8, 4) is 5.75 Å². The van der Waals surface area contributed by atoms with Gasteiger partial charge in [0.15, 0.2) is 0 Å². The first-order valence-corrected chi connectivity index (χ1v) is 6.50. The fourth-order valence-electron chi connectivity index (χ4n) is 1.96. The molecule has 3 N–H and O–H groups in total. The first kappa shape index (κ1) is 16.4. The lowest BCUT2D eigenvalue weighted by Gasteiger charge is -2.11. The van der Waals surface area contributed by atoms with E-state index in [-0.39, 0.29) is 34.6 Å². The molecule has 0 bridgehead atoms.